The van der Waals surface area contributed by atoms with Gasteiger partial charge in [0, 0.05) is 20.1 Å². The fourth-order valence-electron chi connectivity index (χ4n) is 3.69. The molecule has 27 heavy (non-hydrogen) atoms. The second kappa shape index (κ2) is 7.47. The maximum atomic E-state index is 13.1. The first-order valence-corrected chi connectivity index (χ1v) is 10.4. The van der Waals surface area contributed by atoms with Gasteiger partial charge in [-0.25, -0.2) is 8.42 Å². The molecule has 1 aromatic carbocycles. The number of ether oxygens (including phenoxy) is 1. The van der Waals surface area contributed by atoms with E-state index in [1.54, 1.807) is 6.07 Å². The number of amides is 2. The van der Waals surface area contributed by atoms with Crippen LogP contribution >= 0.6 is 0 Å². The van der Waals surface area contributed by atoms with Gasteiger partial charge in [-0.1, -0.05) is 13.8 Å². The van der Waals surface area contributed by atoms with Gasteiger partial charge in [-0.15, -0.1) is 0 Å². The van der Waals surface area contributed by atoms with Crippen LogP contribution in [0.3, 0.4) is 0 Å². The van der Waals surface area contributed by atoms with Crippen LogP contribution in [-0.4, -0.2) is 57.8 Å². The van der Waals surface area contributed by atoms with Crippen molar-refractivity contribution in [1.29, 1.82) is 0 Å². The quantitative estimate of drug-likeness (QED) is 0.814. The lowest BCUT2D eigenvalue weighted by Crippen LogP contribution is -2.45. The van der Waals surface area contributed by atoms with Crippen molar-refractivity contribution >= 4 is 27.5 Å². The molecule has 2 aliphatic rings. The maximum Gasteiger partial charge on any atom is 0.265 e. The Bertz CT molecular complexity index is 845. The summed E-state index contributed by atoms with van der Waals surface area (Å²) in [5.74, 6) is 0.230. The molecule has 1 fully saturated rings. The number of sulfonamides is 1. The molecule has 0 spiro atoms. The van der Waals surface area contributed by atoms with Crippen molar-refractivity contribution in [1.82, 2.24) is 9.62 Å². The first kappa shape index (κ1) is 19.6. The Labute approximate surface area is 159 Å². The number of carbonyl (C=O) groups excluding carboxylic acids is 2. The molecule has 2 unspecified atom stereocenters. The number of carbonyl (C=O) groups is 2. The molecule has 0 bridgehead atoms. The molecule has 2 aliphatic heterocycles. The van der Waals surface area contributed by atoms with Crippen LogP contribution in [0.4, 0.5) is 5.69 Å². The molecule has 2 heterocycles. The lowest BCUT2D eigenvalue weighted by atomic mass is 9.94. The molecule has 1 N–H and O–H groups in total. The fourth-order valence-corrected chi connectivity index (χ4v) is 5.39. The Morgan fingerprint density at radius 3 is 2.56 bits per heavy atom. The van der Waals surface area contributed by atoms with Gasteiger partial charge >= 0.3 is 0 Å². The van der Waals surface area contributed by atoms with E-state index in [0.717, 1.165) is 6.42 Å². The van der Waals surface area contributed by atoms with E-state index in [1.807, 2.05) is 13.8 Å². The number of likely N-dealkylation sites (N-methyl/N-ethyl adjacent to an activating group) is 1. The number of piperidine rings is 1. The SMILES string of the molecule is CNC(=O)CN1C(=O)COc2ccc(S(=O)(=O)N3CC(C)CC(C)C3)cc21. The Morgan fingerprint density at radius 1 is 1.26 bits per heavy atom. The summed E-state index contributed by atoms with van der Waals surface area (Å²) in [5.41, 5.74) is 0.300. The third-order valence-electron chi connectivity index (χ3n) is 4.93. The molecule has 9 heteroatoms. The number of nitrogens with zero attached hydrogens (tertiary/aromatic N) is 2. The number of hydrogen-bond acceptors (Lipinski definition) is 5. The number of benzene rings is 1. The molecule has 0 aromatic heterocycles. The number of anilines is 1. The van der Waals surface area contributed by atoms with E-state index in [0.29, 0.717) is 24.5 Å². The van der Waals surface area contributed by atoms with Crippen molar-refractivity contribution in [3.05, 3.63) is 18.2 Å². The molecular formula is C18H25N3O5S. The minimum absolute atomic E-state index is 0.0998. The molecule has 2 atom stereocenters. The third-order valence-corrected chi connectivity index (χ3v) is 6.75. The minimum atomic E-state index is -3.70. The lowest BCUT2D eigenvalue weighted by Gasteiger charge is -2.34. The van der Waals surface area contributed by atoms with Gasteiger partial charge < -0.3 is 10.1 Å². The van der Waals surface area contributed by atoms with Crippen LogP contribution in [0, 0.1) is 11.8 Å². The van der Waals surface area contributed by atoms with Crippen LogP contribution in [0.15, 0.2) is 23.1 Å². The summed E-state index contributed by atoms with van der Waals surface area (Å²) >= 11 is 0. The highest BCUT2D eigenvalue weighted by molar-refractivity contribution is 7.89. The van der Waals surface area contributed by atoms with E-state index >= 15 is 0 Å². The van der Waals surface area contributed by atoms with Crippen LogP contribution in [0.5, 0.6) is 5.75 Å². The zero-order chi connectivity index (χ0) is 19.8. The van der Waals surface area contributed by atoms with Gasteiger partial charge in [0.15, 0.2) is 6.61 Å². The van der Waals surface area contributed by atoms with Crippen LogP contribution in [0.25, 0.3) is 0 Å². The Hall–Kier alpha value is -2.13. The summed E-state index contributed by atoms with van der Waals surface area (Å²) in [6.45, 7) is 4.66. The summed E-state index contributed by atoms with van der Waals surface area (Å²) in [4.78, 5) is 25.3. The van der Waals surface area contributed by atoms with Crippen molar-refractivity contribution in [2.24, 2.45) is 11.8 Å². The monoisotopic (exact) mass is 395 g/mol. The number of nitrogens with one attached hydrogen (secondary N) is 1. The van der Waals surface area contributed by atoms with Crippen molar-refractivity contribution in [3.63, 3.8) is 0 Å². The number of rotatable bonds is 4. The number of hydrogen-bond donors (Lipinski definition) is 1. The van der Waals surface area contributed by atoms with Gasteiger partial charge in [0.25, 0.3) is 5.91 Å². The van der Waals surface area contributed by atoms with Crippen LogP contribution in [0.1, 0.15) is 20.3 Å². The molecule has 0 aliphatic carbocycles. The van der Waals surface area contributed by atoms with Crippen molar-refractivity contribution in [2.45, 2.75) is 25.2 Å². The van der Waals surface area contributed by atoms with E-state index < -0.39 is 10.0 Å². The van der Waals surface area contributed by atoms with Gasteiger partial charge in [-0.3, -0.25) is 14.5 Å². The fraction of sp³-hybridized carbons (Fsp3) is 0.556. The highest BCUT2D eigenvalue weighted by Crippen LogP contribution is 2.36. The Morgan fingerprint density at radius 2 is 1.93 bits per heavy atom. The van der Waals surface area contributed by atoms with Crippen molar-refractivity contribution < 1.29 is 22.7 Å². The van der Waals surface area contributed by atoms with Gasteiger partial charge in [-0.05, 0) is 36.5 Å². The summed E-state index contributed by atoms with van der Waals surface area (Å²) in [5, 5.41) is 2.47. The Kier molecular flexibility index (Phi) is 5.43. The van der Waals surface area contributed by atoms with Crippen molar-refractivity contribution in [2.75, 3.05) is 38.2 Å². The largest absolute Gasteiger partial charge is 0.482 e. The van der Waals surface area contributed by atoms with E-state index in [4.69, 9.17) is 4.74 Å². The van der Waals surface area contributed by atoms with Crippen LogP contribution in [-0.2, 0) is 19.6 Å². The highest BCUT2D eigenvalue weighted by Gasteiger charge is 2.34. The second-order valence-corrected chi connectivity index (χ2v) is 9.28. The Balaban J connectivity index is 1.96. The van der Waals surface area contributed by atoms with Crippen LogP contribution in [0.2, 0.25) is 0 Å². The van der Waals surface area contributed by atoms with E-state index in [-0.39, 0.29) is 41.7 Å². The molecule has 0 saturated carbocycles. The van der Waals surface area contributed by atoms with Gasteiger partial charge in [0.1, 0.15) is 12.3 Å². The number of fused-ring (bicyclic) bond motifs is 1. The van der Waals surface area contributed by atoms with E-state index in [2.05, 4.69) is 5.32 Å². The highest BCUT2D eigenvalue weighted by atomic mass is 32.2. The third kappa shape index (κ3) is 3.93. The lowest BCUT2D eigenvalue weighted by molar-refractivity contribution is -0.125. The first-order valence-electron chi connectivity index (χ1n) is 9.00. The zero-order valence-corrected chi connectivity index (χ0v) is 16.6. The molecule has 8 nitrogen and oxygen atoms in total. The molecule has 148 valence electrons. The average Bonchev–Trinajstić information content (AvgIpc) is 2.62. The molecule has 3 rings (SSSR count). The first-order chi connectivity index (χ1) is 12.7. The van der Waals surface area contributed by atoms with Gasteiger partial charge in [0.05, 0.1) is 10.6 Å². The average molecular weight is 395 g/mol. The summed E-state index contributed by atoms with van der Waals surface area (Å²) in [7, 11) is -2.22. The van der Waals surface area contributed by atoms with Gasteiger partial charge in [-0.2, -0.15) is 4.31 Å². The summed E-state index contributed by atoms with van der Waals surface area (Å²) in [6.07, 6.45) is 0.998. The molecule has 1 saturated heterocycles. The van der Waals surface area contributed by atoms with E-state index in [9.17, 15) is 18.0 Å². The molecular weight excluding hydrogens is 370 g/mol. The predicted octanol–water partition coefficient (Wildman–Crippen LogP) is 0.825. The smallest absolute Gasteiger partial charge is 0.265 e. The van der Waals surface area contributed by atoms with Crippen LogP contribution < -0.4 is 15.0 Å². The van der Waals surface area contributed by atoms with Gasteiger partial charge in [0.2, 0.25) is 15.9 Å². The maximum absolute atomic E-state index is 13.1. The van der Waals surface area contributed by atoms with Crippen molar-refractivity contribution in [3.8, 4) is 5.75 Å². The standard InChI is InChI=1S/C18H25N3O5S/c1-12-6-13(2)9-20(8-12)27(24,25)14-4-5-16-15(7-14)21(10-17(22)19-3)18(23)11-26-16/h4-5,7,12-13H,6,8-11H2,1-3H3,(H,19,22). The predicted molar refractivity (Wildman–Crippen MR) is 100 cm³/mol. The summed E-state index contributed by atoms with van der Waals surface area (Å²) < 4.78 is 33.2. The molecule has 0 radical (unpaired) electrons. The van der Waals surface area contributed by atoms with E-state index in [1.165, 1.54) is 28.4 Å². The minimum Gasteiger partial charge on any atom is -0.482 e. The topological polar surface area (TPSA) is 96.0 Å². The zero-order valence-electron chi connectivity index (χ0n) is 15.8. The molecule has 2 amide bonds. The molecule has 1 aromatic rings. The second-order valence-electron chi connectivity index (χ2n) is 7.34. The summed E-state index contributed by atoms with van der Waals surface area (Å²) in [6, 6.07) is 4.46. The normalized spacial score (nSPS) is 23.5.